The van der Waals surface area contributed by atoms with Crippen molar-refractivity contribution in [2.45, 2.75) is 56.7 Å². The molecule has 2 fully saturated rings. The van der Waals surface area contributed by atoms with E-state index < -0.39 is 11.7 Å². The third kappa shape index (κ3) is 3.35. The van der Waals surface area contributed by atoms with Crippen LogP contribution in [0.2, 0.25) is 0 Å². The number of aliphatic hydroxyl groups is 1. The van der Waals surface area contributed by atoms with Crippen molar-refractivity contribution in [1.29, 1.82) is 5.26 Å². The summed E-state index contributed by atoms with van der Waals surface area (Å²) < 4.78 is 11.0. The topological polar surface area (TPSA) is 62.5 Å². The zero-order valence-electron chi connectivity index (χ0n) is 14.4. The van der Waals surface area contributed by atoms with Gasteiger partial charge in [-0.15, -0.1) is 0 Å². The van der Waals surface area contributed by atoms with Crippen LogP contribution in [0.15, 0.2) is 24.3 Å². The maximum Gasteiger partial charge on any atom is 0.161 e. The maximum atomic E-state index is 10.5. The fraction of sp³-hybridized carbons (Fsp3) is 0.650. The van der Waals surface area contributed by atoms with Crippen LogP contribution in [0, 0.1) is 17.2 Å². The zero-order chi connectivity index (χ0) is 17.0. The van der Waals surface area contributed by atoms with Crippen LogP contribution in [-0.4, -0.2) is 31.2 Å². The molecule has 1 heterocycles. The second kappa shape index (κ2) is 7.65. The molecule has 3 atom stereocenters. The molecule has 1 aromatic carbocycles. The fourth-order valence-corrected chi connectivity index (χ4v) is 4.23. The minimum Gasteiger partial charge on any atom is -0.379 e. The summed E-state index contributed by atoms with van der Waals surface area (Å²) in [5, 5.41) is 20.1. The molecule has 1 aliphatic carbocycles. The molecule has 4 heteroatoms. The standard InChI is InChI=1S/C20H27NO3/c1-2-24-19(22)18(15-5-3-4-6-15)16-7-9-17(10-8-16)20(13-21)11-12-23-14-20/h7-10,15,18-19,22H,2-6,11-12,14H2,1H3. The van der Waals surface area contributed by atoms with E-state index in [0.29, 0.717) is 25.7 Å². The molecule has 0 amide bonds. The van der Waals surface area contributed by atoms with E-state index in [1.165, 1.54) is 12.8 Å². The molecule has 24 heavy (non-hydrogen) atoms. The van der Waals surface area contributed by atoms with Crippen LogP contribution in [-0.2, 0) is 14.9 Å². The average molecular weight is 329 g/mol. The Kier molecular flexibility index (Phi) is 5.55. The molecule has 0 radical (unpaired) electrons. The van der Waals surface area contributed by atoms with Crippen LogP contribution in [0.5, 0.6) is 0 Å². The molecule has 4 nitrogen and oxygen atoms in total. The summed E-state index contributed by atoms with van der Waals surface area (Å²) >= 11 is 0. The van der Waals surface area contributed by atoms with Crippen molar-refractivity contribution in [3.63, 3.8) is 0 Å². The van der Waals surface area contributed by atoms with Crippen LogP contribution < -0.4 is 0 Å². The van der Waals surface area contributed by atoms with E-state index in [1.807, 2.05) is 19.1 Å². The predicted octanol–water partition coefficient (Wildman–Crippen LogP) is 3.50. The minimum atomic E-state index is -0.760. The Bertz CT molecular complexity index is 566. The molecule has 0 aromatic heterocycles. The van der Waals surface area contributed by atoms with Gasteiger partial charge in [0.2, 0.25) is 0 Å². The van der Waals surface area contributed by atoms with Gasteiger partial charge in [-0.1, -0.05) is 37.1 Å². The first-order chi connectivity index (χ1) is 11.7. The average Bonchev–Trinajstić information content (AvgIpc) is 3.28. The van der Waals surface area contributed by atoms with Crippen LogP contribution in [0.3, 0.4) is 0 Å². The first kappa shape index (κ1) is 17.4. The van der Waals surface area contributed by atoms with Crippen molar-refractivity contribution >= 4 is 0 Å². The summed E-state index contributed by atoms with van der Waals surface area (Å²) in [5.74, 6) is 0.483. The summed E-state index contributed by atoms with van der Waals surface area (Å²) in [6, 6.07) is 10.6. The van der Waals surface area contributed by atoms with Gasteiger partial charge in [0.05, 0.1) is 12.7 Å². The number of hydrogen-bond donors (Lipinski definition) is 1. The number of ether oxygens (including phenoxy) is 2. The lowest BCUT2D eigenvalue weighted by Gasteiger charge is -2.29. The third-order valence-electron chi connectivity index (χ3n) is 5.64. The molecule has 1 aromatic rings. The molecular formula is C20H27NO3. The molecule has 2 aliphatic rings. The highest BCUT2D eigenvalue weighted by atomic mass is 16.6. The molecule has 130 valence electrons. The van der Waals surface area contributed by atoms with Crippen LogP contribution in [0.4, 0.5) is 0 Å². The van der Waals surface area contributed by atoms with Gasteiger partial charge in [-0.05, 0) is 43.2 Å². The number of nitrogens with zero attached hydrogens (tertiary/aromatic N) is 1. The Balaban J connectivity index is 1.84. The van der Waals surface area contributed by atoms with Crippen LogP contribution in [0.1, 0.15) is 56.1 Å². The second-order valence-electron chi connectivity index (χ2n) is 7.03. The number of nitriles is 1. The quantitative estimate of drug-likeness (QED) is 0.812. The Hall–Kier alpha value is -1.41. The van der Waals surface area contributed by atoms with Gasteiger partial charge in [-0.25, -0.2) is 0 Å². The van der Waals surface area contributed by atoms with E-state index in [4.69, 9.17) is 9.47 Å². The van der Waals surface area contributed by atoms with Crippen molar-refractivity contribution in [3.8, 4) is 6.07 Å². The smallest absolute Gasteiger partial charge is 0.161 e. The largest absolute Gasteiger partial charge is 0.379 e. The van der Waals surface area contributed by atoms with Crippen molar-refractivity contribution in [3.05, 3.63) is 35.4 Å². The lowest BCUT2D eigenvalue weighted by Crippen LogP contribution is -2.28. The van der Waals surface area contributed by atoms with E-state index in [-0.39, 0.29) is 5.92 Å². The van der Waals surface area contributed by atoms with Crippen molar-refractivity contribution < 1.29 is 14.6 Å². The van der Waals surface area contributed by atoms with Crippen LogP contribution in [0.25, 0.3) is 0 Å². The molecule has 1 aliphatic heterocycles. The summed E-state index contributed by atoms with van der Waals surface area (Å²) in [4.78, 5) is 0. The maximum absolute atomic E-state index is 10.5. The lowest BCUT2D eigenvalue weighted by atomic mass is 9.79. The summed E-state index contributed by atoms with van der Waals surface area (Å²) in [6.45, 7) is 3.53. The summed E-state index contributed by atoms with van der Waals surface area (Å²) in [6.07, 6.45) is 4.74. The van der Waals surface area contributed by atoms with Gasteiger partial charge in [0, 0.05) is 19.1 Å². The zero-order valence-corrected chi connectivity index (χ0v) is 14.4. The Labute approximate surface area is 144 Å². The summed E-state index contributed by atoms with van der Waals surface area (Å²) in [5.41, 5.74) is 1.61. The number of hydrogen-bond acceptors (Lipinski definition) is 4. The SMILES string of the molecule is CCOC(O)C(c1ccc(C2(C#N)CCOC2)cc1)C1CCCC1. The van der Waals surface area contributed by atoms with Gasteiger partial charge in [-0.3, -0.25) is 0 Å². The van der Waals surface area contributed by atoms with E-state index in [0.717, 1.165) is 30.4 Å². The van der Waals surface area contributed by atoms with Gasteiger partial charge in [0.1, 0.15) is 5.41 Å². The molecule has 1 saturated carbocycles. The normalized spacial score (nSPS) is 27.0. The molecule has 3 unspecified atom stereocenters. The number of rotatable bonds is 6. The fourth-order valence-electron chi connectivity index (χ4n) is 4.23. The first-order valence-corrected chi connectivity index (χ1v) is 9.09. The highest BCUT2D eigenvalue weighted by molar-refractivity contribution is 5.37. The Morgan fingerprint density at radius 3 is 2.58 bits per heavy atom. The molecule has 1 saturated heterocycles. The van der Waals surface area contributed by atoms with Crippen molar-refractivity contribution in [2.75, 3.05) is 19.8 Å². The highest BCUT2D eigenvalue weighted by Gasteiger charge is 2.38. The van der Waals surface area contributed by atoms with E-state index in [9.17, 15) is 10.4 Å². The Morgan fingerprint density at radius 1 is 1.33 bits per heavy atom. The van der Waals surface area contributed by atoms with Gasteiger partial charge >= 0.3 is 0 Å². The van der Waals surface area contributed by atoms with Crippen molar-refractivity contribution in [1.82, 2.24) is 0 Å². The second-order valence-corrected chi connectivity index (χ2v) is 7.03. The predicted molar refractivity (Wildman–Crippen MR) is 91.5 cm³/mol. The van der Waals surface area contributed by atoms with Gasteiger partial charge < -0.3 is 14.6 Å². The number of aliphatic hydroxyl groups excluding tert-OH is 1. The minimum absolute atomic E-state index is 0.0133. The van der Waals surface area contributed by atoms with E-state index >= 15 is 0 Å². The molecule has 3 rings (SSSR count). The molecule has 0 bridgehead atoms. The summed E-state index contributed by atoms with van der Waals surface area (Å²) in [7, 11) is 0. The third-order valence-corrected chi connectivity index (χ3v) is 5.64. The first-order valence-electron chi connectivity index (χ1n) is 9.09. The van der Waals surface area contributed by atoms with E-state index in [2.05, 4.69) is 18.2 Å². The van der Waals surface area contributed by atoms with Gasteiger partial charge in [0.15, 0.2) is 6.29 Å². The Morgan fingerprint density at radius 2 is 2.04 bits per heavy atom. The molecule has 0 spiro atoms. The van der Waals surface area contributed by atoms with E-state index in [1.54, 1.807) is 0 Å². The van der Waals surface area contributed by atoms with Gasteiger partial charge in [-0.2, -0.15) is 5.26 Å². The highest BCUT2D eigenvalue weighted by Crippen LogP contribution is 2.41. The monoisotopic (exact) mass is 329 g/mol. The lowest BCUT2D eigenvalue weighted by molar-refractivity contribution is -0.120. The van der Waals surface area contributed by atoms with Gasteiger partial charge in [0.25, 0.3) is 0 Å². The van der Waals surface area contributed by atoms with Crippen molar-refractivity contribution in [2.24, 2.45) is 5.92 Å². The molecule has 1 N–H and O–H groups in total. The number of benzene rings is 1. The molecular weight excluding hydrogens is 302 g/mol. The van der Waals surface area contributed by atoms with Crippen LogP contribution >= 0.6 is 0 Å².